The summed E-state index contributed by atoms with van der Waals surface area (Å²) in [6.45, 7) is 1.93. The van der Waals surface area contributed by atoms with E-state index in [9.17, 15) is 18.0 Å². The molecule has 2 fully saturated rings. The number of methoxy groups -OCH3 is 1. The molecular weight excluding hydrogens is 460 g/mol. The first-order chi connectivity index (χ1) is 16.4. The van der Waals surface area contributed by atoms with Crippen LogP contribution in [0.2, 0.25) is 0 Å². The van der Waals surface area contributed by atoms with Crippen LogP contribution in [0.5, 0.6) is 5.75 Å². The highest BCUT2D eigenvalue weighted by Gasteiger charge is 2.35. The molecule has 2 saturated heterocycles. The molecule has 1 aromatic carbocycles. The van der Waals surface area contributed by atoms with Gasteiger partial charge in [0.2, 0.25) is 27.8 Å². The minimum absolute atomic E-state index is 0.00357. The number of ether oxygens (including phenoxy) is 1. The summed E-state index contributed by atoms with van der Waals surface area (Å²) in [7, 11) is -1.95. The van der Waals surface area contributed by atoms with Gasteiger partial charge < -0.3 is 19.9 Å². The molecule has 11 nitrogen and oxygen atoms in total. The fourth-order valence-electron chi connectivity index (χ4n) is 4.09. The molecule has 2 amide bonds. The molecule has 1 aromatic heterocycles. The number of sulfonamides is 1. The van der Waals surface area contributed by atoms with Crippen molar-refractivity contribution in [1.82, 2.24) is 19.6 Å². The number of benzene rings is 1. The van der Waals surface area contributed by atoms with Gasteiger partial charge in [-0.05, 0) is 30.3 Å². The summed E-state index contributed by atoms with van der Waals surface area (Å²) in [4.78, 5) is 36.9. The highest BCUT2D eigenvalue weighted by atomic mass is 32.2. The van der Waals surface area contributed by atoms with Gasteiger partial charge in [-0.1, -0.05) is 0 Å². The molecule has 0 bridgehead atoms. The number of aromatic nitrogens is 2. The number of nitrogens with one attached hydrogen (secondary N) is 1. The van der Waals surface area contributed by atoms with Crippen molar-refractivity contribution in [1.29, 1.82) is 0 Å². The van der Waals surface area contributed by atoms with Crippen molar-refractivity contribution in [3.05, 3.63) is 42.7 Å². The average Bonchev–Trinajstić information content (AvgIpc) is 3.26. The van der Waals surface area contributed by atoms with E-state index in [1.54, 1.807) is 54.7 Å². The van der Waals surface area contributed by atoms with Crippen LogP contribution >= 0.6 is 0 Å². The molecule has 2 aromatic rings. The summed E-state index contributed by atoms with van der Waals surface area (Å²) in [5, 5.41) is 2.69. The van der Waals surface area contributed by atoms with E-state index in [-0.39, 0.29) is 37.1 Å². The van der Waals surface area contributed by atoms with Crippen LogP contribution in [0.3, 0.4) is 0 Å². The van der Waals surface area contributed by atoms with Crippen molar-refractivity contribution in [3.63, 3.8) is 0 Å². The van der Waals surface area contributed by atoms with Gasteiger partial charge in [0.1, 0.15) is 5.75 Å². The zero-order valence-corrected chi connectivity index (χ0v) is 19.8. The number of rotatable bonds is 8. The van der Waals surface area contributed by atoms with Crippen LogP contribution in [-0.4, -0.2) is 86.6 Å². The molecule has 1 atom stereocenters. The van der Waals surface area contributed by atoms with Crippen molar-refractivity contribution in [2.45, 2.75) is 6.42 Å². The molecule has 0 saturated carbocycles. The fourth-order valence-corrected chi connectivity index (χ4v) is 5.43. The first kappa shape index (κ1) is 23.9. The first-order valence-corrected chi connectivity index (χ1v) is 12.7. The Labute approximate surface area is 198 Å². The minimum Gasteiger partial charge on any atom is -0.497 e. The molecule has 2 aliphatic heterocycles. The Balaban J connectivity index is 1.23. The van der Waals surface area contributed by atoms with Crippen LogP contribution in [-0.2, 0) is 19.6 Å². The van der Waals surface area contributed by atoms with E-state index in [4.69, 9.17) is 4.74 Å². The minimum atomic E-state index is -3.52. The maximum atomic E-state index is 12.7. The zero-order chi connectivity index (χ0) is 24.1. The third-order valence-corrected chi connectivity index (χ3v) is 7.88. The number of anilines is 2. The zero-order valence-electron chi connectivity index (χ0n) is 19.0. The van der Waals surface area contributed by atoms with Crippen molar-refractivity contribution in [3.8, 4) is 5.75 Å². The normalized spacial score (nSPS) is 19.3. The third-order valence-electron chi connectivity index (χ3n) is 6.01. The molecule has 182 valence electrons. The van der Waals surface area contributed by atoms with Gasteiger partial charge in [-0.25, -0.2) is 18.4 Å². The fraction of sp³-hybridized carbons (Fsp3) is 0.455. The Morgan fingerprint density at radius 3 is 2.44 bits per heavy atom. The molecule has 34 heavy (non-hydrogen) atoms. The molecule has 12 heteroatoms. The summed E-state index contributed by atoms with van der Waals surface area (Å²) in [6, 6.07) is 8.79. The Hall–Kier alpha value is -3.25. The van der Waals surface area contributed by atoms with Gasteiger partial charge >= 0.3 is 0 Å². The van der Waals surface area contributed by atoms with Gasteiger partial charge in [0.15, 0.2) is 0 Å². The second-order valence-electron chi connectivity index (χ2n) is 8.15. The van der Waals surface area contributed by atoms with Crippen LogP contribution in [0.4, 0.5) is 11.6 Å². The Morgan fingerprint density at radius 2 is 1.79 bits per heavy atom. The quantitative estimate of drug-likeness (QED) is 0.555. The standard InChI is InChI=1S/C22H28N6O5S/c1-33-19-5-3-18(4-6-19)28-16-17(15-20(28)29)21(30)23-9-14-34(31,32)27-12-10-26(11-13-27)22-24-7-2-8-25-22/h2-8,17H,9-16H2,1H3,(H,23,30). The Morgan fingerprint density at radius 1 is 1.12 bits per heavy atom. The number of carbonyl (C=O) groups is 2. The second kappa shape index (κ2) is 10.3. The molecule has 4 rings (SSSR count). The molecule has 0 radical (unpaired) electrons. The van der Waals surface area contributed by atoms with Gasteiger partial charge in [0.25, 0.3) is 0 Å². The largest absolute Gasteiger partial charge is 0.497 e. The number of carbonyl (C=O) groups excluding carboxylic acids is 2. The molecule has 1 unspecified atom stereocenters. The van der Waals surface area contributed by atoms with E-state index in [1.165, 1.54) is 4.31 Å². The number of nitrogens with zero attached hydrogens (tertiary/aromatic N) is 5. The number of amides is 2. The molecule has 0 spiro atoms. The van der Waals surface area contributed by atoms with Crippen molar-refractivity contribution in [2.75, 3.05) is 61.9 Å². The predicted octanol–water partition coefficient (Wildman–Crippen LogP) is 0.106. The predicted molar refractivity (Wildman–Crippen MR) is 126 cm³/mol. The number of hydrogen-bond donors (Lipinski definition) is 1. The van der Waals surface area contributed by atoms with Crippen molar-refractivity contribution < 1.29 is 22.7 Å². The topological polar surface area (TPSA) is 125 Å². The lowest BCUT2D eigenvalue weighted by atomic mass is 10.1. The van der Waals surface area contributed by atoms with E-state index >= 15 is 0 Å². The van der Waals surface area contributed by atoms with Crippen LogP contribution < -0.4 is 19.9 Å². The highest BCUT2D eigenvalue weighted by Crippen LogP contribution is 2.27. The van der Waals surface area contributed by atoms with E-state index in [0.717, 1.165) is 0 Å². The SMILES string of the molecule is COc1ccc(N2CC(C(=O)NCCS(=O)(=O)N3CCN(c4ncccn4)CC3)CC2=O)cc1. The summed E-state index contributed by atoms with van der Waals surface area (Å²) in [5.41, 5.74) is 0.698. The Bertz CT molecular complexity index is 1100. The van der Waals surface area contributed by atoms with Crippen LogP contribution in [0.25, 0.3) is 0 Å². The van der Waals surface area contributed by atoms with Crippen molar-refractivity contribution >= 4 is 33.5 Å². The van der Waals surface area contributed by atoms with Gasteiger partial charge in [-0.3, -0.25) is 9.59 Å². The molecule has 0 aliphatic carbocycles. The third kappa shape index (κ3) is 5.45. The number of hydrogen-bond acceptors (Lipinski definition) is 8. The van der Waals surface area contributed by atoms with Crippen LogP contribution in [0, 0.1) is 5.92 Å². The van der Waals surface area contributed by atoms with Crippen molar-refractivity contribution in [2.24, 2.45) is 5.92 Å². The van der Waals surface area contributed by atoms with Gasteiger partial charge in [-0.2, -0.15) is 4.31 Å². The summed E-state index contributed by atoms with van der Waals surface area (Å²) in [5.74, 6) is 0.0986. The van der Waals surface area contributed by atoms with Gasteiger partial charge in [0, 0.05) is 63.8 Å². The monoisotopic (exact) mass is 488 g/mol. The summed E-state index contributed by atoms with van der Waals surface area (Å²) in [6.07, 6.45) is 3.40. The summed E-state index contributed by atoms with van der Waals surface area (Å²) < 4.78 is 32.0. The maximum Gasteiger partial charge on any atom is 0.227 e. The lowest BCUT2D eigenvalue weighted by Crippen LogP contribution is -2.50. The highest BCUT2D eigenvalue weighted by molar-refractivity contribution is 7.89. The molecule has 2 aliphatic rings. The lowest BCUT2D eigenvalue weighted by molar-refractivity contribution is -0.126. The van der Waals surface area contributed by atoms with Crippen LogP contribution in [0.15, 0.2) is 42.7 Å². The maximum absolute atomic E-state index is 12.7. The van der Waals surface area contributed by atoms with Crippen LogP contribution in [0.1, 0.15) is 6.42 Å². The second-order valence-corrected chi connectivity index (χ2v) is 10.2. The Kier molecular flexibility index (Phi) is 7.27. The molecule has 3 heterocycles. The number of piperazine rings is 1. The molecule has 1 N–H and O–H groups in total. The van der Waals surface area contributed by atoms with E-state index < -0.39 is 15.9 Å². The van der Waals surface area contributed by atoms with E-state index in [0.29, 0.717) is 43.6 Å². The average molecular weight is 489 g/mol. The van der Waals surface area contributed by atoms with E-state index in [2.05, 4.69) is 15.3 Å². The smallest absolute Gasteiger partial charge is 0.227 e. The first-order valence-electron chi connectivity index (χ1n) is 11.1. The van der Waals surface area contributed by atoms with Gasteiger partial charge in [0.05, 0.1) is 18.8 Å². The molecular formula is C22H28N6O5S. The van der Waals surface area contributed by atoms with Gasteiger partial charge in [-0.15, -0.1) is 0 Å². The summed E-state index contributed by atoms with van der Waals surface area (Å²) >= 11 is 0. The lowest BCUT2D eigenvalue weighted by Gasteiger charge is -2.33. The van der Waals surface area contributed by atoms with E-state index in [1.807, 2.05) is 4.90 Å².